The average molecular weight is 357 g/mol. The molecule has 25 heavy (non-hydrogen) atoms. The number of rotatable bonds is 6. The van der Waals surface area contributed by atoms with Crippen LogP contribution in [0.5, 0.6) is 0 Å². The summed E-state index contributed by atoms with van der Waals surface area (Å²) in [6, 6.07) is 6.08. The van der Waals surface area contributed by atoms with E-state index >= 15 is 0 Å². The normalized spacial score (nSPS) is 11.4. The van der Waals surface area contributed by atoms with Crippen LogP contribution in [0.3, 0.4) is 0 Å². The first kappa shape index (κ1) is 17.6. The molecule has 3 aromatic heterocycles. The molecule has 0 aliphatic heterocycles. The minimum Gasteiger partial charge on any atom is -0.340 e. The summed E-state index contributed by atoms with van der Waals surface area (Å²) in [6.07, 6.45) is 1.75. The molecule has 0 saturated heterocycles. The molecular formula is C18H23N5OS. The Morgan fingerprint density at radius 3 is 2.88 bits per heavy atom. The molecule has 3 rings (SSSR count). The summed E-state index contributed by atoms with van der Waals surface area (Å²) < 4.78 is 1.87. The quantitative estimate of drug-likeness (QED) is 0.736. The Hall–Kier alpha value is -2.25. The number of hydrogen-bond acceptors (Lipinski definition) is 5. The summed E-state index contributed by atoms with van der Waals surface area (Å²) in [5.74, 6) is -0.0104. The van der Waals surface area contributed by atoms with Gasteiger partial charge < -0.3 is 10.2 Å². The predicted molar refractivity (Wildman–Crippen MR) is 102 cm³/mol. The number of carbonyl (C=O) groups excluding carboxylic acids is 1. The number of amides is 1. The number of aromatic nitrogens is 3. The SMILES string of the molecule is CNCCN(C)C(=O)c1cc(-c2cccs2)nc2c1cnn2C(C)C. The maximum absolute atomic E-state index is 13.0. The summed E-state index contributed by atoms with van der Waals surface area (Å²) in [7, 11) is 3.70. The van der Waals surface area contributed by atoms with Crippen LogP contribution in [0.4, 0.5) is 0 Å². The number of carbonyl (C=O) groups is 1. The predicted octanol–water partition coefficient (Wildman–Crippen LogP) is 3.03. The van der Waals surface area contributed by atoms with Gasteiger partial charge in [0.05, 0.1) is 27.7 Å². The molecule has 3 heterocycles. The second kappa shape index (κ2) is 7.33. The molecule has 0 radical (unpaired) electrons. The molecule has 0 spiro atoms. The van der Waals surface area contributed by atoms with E-state index in [1.165, 1.54) is 0 Å². The average Bonchev–Trinajstić information content (AvgIpc) is 3.27. The molecule has 0 aromatic carbocycles. The highest BCUT2D eigenvalue weighted by atomic mass is 32.1. The van der Waals surface area contributed by atoms with E-state index in [0.717, 1.165) is 28.1 Å². The maximum Gasteiger partial charge on any atom is 0.254 e. The molecule has 0 aliphatic rings. The molecule has 6 nitrogen and oxygen atoms in total. The van der Waals surface area contributed by atoms with Gasteiger partial charge in [-0.3, -0.25) is 4.79 Å². The Balaban J connectivity index is 2.14. The van der Waals surface area contributed by atoms with Gasteiger partial charge in [-0.1, -0.05) is 6.07 Å². The first-order valence-corrected chi connectivity index (χ1v) is 9.23. The smallest absolute Gasteiger partial charge is 0.254 e. The number of hydrogen-bond donors (Lipinski definition) is 1. The van der Waals surface area contributed by atoms with Gasteiger partial charge in [-0.15, -0.1) is 11.3 Å². The molecule has 1 amide bonds. The fourth-order valence-corrected chi connectivity index (χ4v) is 3.40. The van der Waals surface area contributed by atoms with Crippen molar-refractivity contribution in [3.8, 4) is 10.6 Å². The molecular weight excluding hydrogens is 334 g/mol. The first-order valence-electron chi connectivity index (χ1n) is 8.35. The van der Waals surface area contributed by atoms with Crippen LogP contribution in [0.25, 0.3) is 21.6 Å². The highest BCUT2D eigenvalue weighted by Gasteiger charge is 2.20. The van der Waals surface area contributed by atoms with E-state index in [2.05, 4.69) is 24.3 Å². The third kappa shape index (κ3) is 3.43. The molecule has 0 saturated carbocycles. The fraction of sp³-hybridized carbons (Fsp3) is 0.389. The lowest BCUT2D eigenvalue weighted by atomic mass is 10.1. The minimum absolute atomic E-state index is 0.0104. The number of thiophene rings is 1. The Morgan fingerprint density at radius 1 is 1.44 bits per heavy atom. The lowest BCUT2D eigenvalue weighted by molar-refractivity contribution is 0.0798. The fourth-order valence-electron chi connectivity index (χ4n) is 2.71. The van der Waals surface area contributed by atoms with E-state index in [-0.39, 0.29) is 11.9 Å². The van der Waals surface area contributed by atoms with Gasteiger partial charge in [-0.05, 0) is 38.4 Å². The van der Waals surface area contributed by atoms with Crippen LogP contribution >= 0.6 is 11.3 Å². The minimum atomic E-state index is -0.0104. The zero-order valence-corrected chi connectivity index (χ0v) is 15.8. The summed E-state index contributed by atoms with van der Waals surface area (Å²) in [6.45, 7) is 5.52. The third-order valence-electron chi connectivity index (χ3n) is 4.10. The van der Waals surface area contributed by atoms with Crippen LogP contribution in [0.2, 0.25) is 0 Å². The molecule has 3 aromatic rings. The van der Waals surface area contributed by atoms with Gasteiger partial charge in [0, 0.05) is 26.2 Å². The van der Waals surface area contributed by atoms with Gasteiger partial charge in [-0.25, -0.2) is 9.67 Å². The zero-order valence-electron chi connectivity index (χ0n) is 15.0. The Labute approximate surface area is 151 Å². The second-order valence-electron chi connectivity index (χ2n) is 6.28. The van der Waals surface area contributed by atoms with Gasteiger partial charge in [0.25, 0.3) is 5.91 Å². The van der Waals surface area contributed by atoms with E-state index in [1.807, 2.05) is 42.4 Å². The largest absolute Gasteiger partial charge is 0.340 e. The van der Waals surface area contributed by atoms with Crippen molar-refractivity contribution in [1.82, 2.24) is 25.0 Å². The van der Waals surface area contributed by atoms with Gasteiger partial charge in [0.15, 0.2) is 5.65 Å². The van der Waals surface area contributed by atoms with Gasteiger partial charge >= 0.3 is 0 Å². The number of fused-ring (bicyclic) bond motifs is 1. The summed E-state index contributed by atoms with van der Waals surface area (Å²) in [5.41, 5.74) is 2.22. The molecule has 132 valence electrons. The van der Waals surface area contributed by atoms with Gasteiger partial charge in [-0.2, -0.15) is 5.10 Å². The number of nitrogens with zero attached hydrogens (tertiary/aromatic N) is 4. The number of pyridine rings is 1. The molecule has 7 heteroatoms. The van der Waals surface area contributed by atoms with Crippen molar-refractivity contribution >= 4 is 28.3 Å². The van der Waals surface area contributed by atoms with Gasteiger partial charge in [0.2, 0.25) is 0 Å². The standard InChI is InChI=1S/C18H23N5OS/c1-12(2)23-17-14(11-20-23)13(18(24)22(4)8-7-19-3)10-15(21-17)16-6-5-9-25-16/h5-6,9-12,19H,7-8H2,1-4H3. The van der Waals surface area contributed by atoms with Crippen LogP contribution in [0.15, 0.2) is 29.8 Å². The van der Waals surface area contributed by atoms with Crippen LogP contribution in [-0.2, 0) is 0 Å². The Kier molecular flexibility index (Phi) is 5.15. The number of likely N-dealkylation sites (N-methyl/N-ethyl adjacent to an activating group) is 2. The van der Waals surface area contributed by atoms with Crippen LogP contribution < -0.4 is 5.32 Å². The lowest BCUT2D eigenvalue weighted by Gasteiger charge is -2.18. The molecule has 0 bridgehead atoms. The Morgan fingerprint density at radius 2 is 2.24 bits per heavy atom. The van der Waals surface area contributed by atoms with Crippen LogP contribution in [0.1, 0.15) is 30.2 Å². The highest BCUT2D eigenvalue weighted by Crippen LogP contribution is 2.29. The monoisotopic (exact) mass is 357 g/mol. The number of nitrogens with one attached hydrogen (secondary N) is 1. The van der Waals surface area contributed by atoms with Crippen molar-refractivity contribution in [3.05, 3.63) is 35.3 Å². The summed E-state index contributed by atoms with van der Waals surface area (Å²) in [5, 5.41) is 10.3. The van der Waals surface area contributed by atoms with Crippen LogP contribution in [-0.4, -0.2) is 52.8 Å². The summed E-state index contributed by atoms with van der Waals surface area (Å²) >= 11 is 1.62. The van der Waals surface area contributed by atoms with Crippen LogP contribution in [0, 0.1) is 0 Å². The maximum atomic E-state index is 13.0. The lowest BCUT2D eigenvalue weighted by Crippen LogP contribution is -2.33. The molecule has 0 atom stereocenters. The van der Waals surface area contributed by atoms with E-state index < -0.39 is 0 Å². The van der Waals surface area contributed by atoms with Crippen molar-refractivity contribution < 1.29 is 4.79 Å². The highest BCUT2D eigenvalue weighted by molar-refractivity contribution is 7.13. The van der Waals surface area contributed by atoms with Crippen molar-refractivity contribution in [2.75, 3.05) is 27.2 Å². The first-order chi connectivity index (χ1) is 12.0. The van der Waals surface area contributed by atoms with Crippen molar-refractivity contribution in [2.24, 2.45) is 0 Å². The molecule has 0 fully saturated rings. The third-order valence-corrected chi connectivity index (χ3v) is 5.00. The van der Waals surface area contributed by atoms with Crippen molar-refractivity contribution in [2.45, 2.75) is 19.9 Å². The van der Waals surface area contributed by atoms with E-state index in [4.69, 9.17) is 4.98 Å². The Bertz CT molecular complexity index is 869. The molecule has 0 aliphatic carbocycles. The molecule has 1 N–H and O–H groups in total. The van der Waals surface area contributed by atoms with Crippen molar-refractivity contribution in [3.63, 3.8) is 0 Å². The van der Waals surface area contributed by atoms with Gasteiger partial charge in [0.1, 0.15) is 0 Å². The second-order valence-corrected chi connectivity index (χ2v) is 7.23. The topological polar surface area (TPSA) is 63.1 Å². The van der Waals surface area contributed by atoms with E-state index in [1.54, 1.807) is 22.4 Å². The zero-order chi connectivity index (χ0) is 18.0. The van der Waals surface area contributed by atoms with Crippen molar-refractivity contribution in [1.29, 1.82) is 0 Å². The summed E-state index contributed by atoms with van der Waals surface area (Å²) in [4.78, 5) is 20.6. The van der Waals surface area contributed by atoms with E-state index in [9.17, 15) is 4.79 Å². The molecule has 0 unspecified atom stereocenters. The van der Waals surface area contributed by atoms with E-state index in [0.29, 0.717) is 12.1 Å².